The molecule has 1 aromatic heterocycles. The van der Waals surface area contributed by atoms with Gasteiger partial charge in [-0.15, -0.1) is 0 Å². The highest BCUT2D eigenvalue weighted by Gasteiger charge is 2.18. The second-order valence-electron chi connectivity index (χ2n) is 3.26. The van der Waals surface area contributed by atoms with E-state index in [1.165, 1.54) is 0 Å². The molecule has 0 unspecified atom stereocenters. The van der Waals surface area contributed by atoms with Crippen molar-refractivity contribution in [1.82, 2.24) is 4.98 Å². The van der Waals surface area contributed by atoms with E-state index in [-0.39, 0.29) is 22.3 Å². The molecule has 0 N–H and O–H groups in total. The van der Waals surface area contributed by atoms with Gasteiger partial charge in [-0.05, 0) is 35.6 Å². The van der Waals surface area contributed by atoms with Gasteiger partial charge < -0.3 is 4.74 Å². The van der Waals surface area contributed by atoms with Crippen LogP contribution in [0.4, 0.5) is 8.78 Å². The van der Waals surface area contributed by atoms with Crippen molar-refractivity contribution in [3.8, 4) is 6.07 Å². The zero-order valence-electron chi connectivity index (χ0n) is 9.41. The Bertz CT molecular complexity index is 501. The second kappa shape index (κ2) is 6.58. The Labute approximate surface area is 116 Å². The molecule has 0 saturated heterocycles. The summed E-state index contributed by atoms with van der Waals surface area (Å²) < 4.78 is 30.0. The van der Waals surface area contributed by atoms with Gasteiger partial charge in [0.25, 0.3) is 6.43 Å². The van der Waals surface area contributed by atoms with Gasteiger partial charge >= 0.3 is 5.97 Å². The first-order chi connectivity index (χ1) is 8.49. The van der Waals surface area contributed by atoms with Crippen LogP contribution in [0, 0.1) is 15.0 Å². The fourth-order valence-electron chi connectivity index (χ4n) is 1.30. The molecule has 7 heteroatoms. The molecule has 96 valence electrons. The van der Waals surface area contributed by atoms with Crippen LogP contribution in [0.15, 0.2) is 6.07 Å². The van der Waals surface area contributed by atoms with Crippen LogP contribution < -0.4 is 0 Å². The summed E-state index contributed by atoms with van der Waals surface area (Å²) in [6, 6.07) is 2.79. The SMILES string of the molecule is CCOC(=O)Cc1c(C#N)cc(C(F)F)nc1I. The molecule has 0 bridgehead atoms. The Balaban J connectivity index is 3.12. The maximum atomic E-state index is 12.5. The Morgan fingerprint density at radius 2 is 2.33 bits per heavy atom. The lowest BCUT2D eigenvalue weighted by Gasteiger charge is -2.08. The average Bonchev–Trinajstić information content (AvgIpc) is 2.31. The highest BCUT2D eigenvalue weighted by Crippen LogP contribution is 2.23. The Kier molecular flexibility index (Phi) is 5.40. The van der Waals surface area contributed by atoms with Gasteiger partial charge in [0.05, 0.1) is 24.7 Å². The van der Waals surface area contributed by atoms with Gasteiger partial charge in [0, 0.05) is 5.56 Å². The highest BCUT2D eigenvalue weighted by molar-refractivity contribution is 14.1. The van der Waals surface area contributed by atoms with Gasteiger partial charge in [-0.25, -0.2) is 13.8 Å². The smallest absolute Gasteiger partial charge is 0.310 e. The van der Waals surface area contributed by atoms with E-state index >= 15 is 0 Å². The van der Waals surface area contributed by atoms with E-state index in [2.05, 4.69) is 4.98 Å². The molecule has 0 aliphatic heterocycles. The van der Waals surface area contributed by atoms with Crippen LogP contribution >= 0.6 is 22.6 Å². The molecule has 0 fully saturated rings. The summed E-state index contributed by atoms with van der Waals surface area (Å²) in [7, 11) is 0. The third-order valence-corrected chi connectivity index (χ3v) is 2.96. The van der Waals surface area contributed by atoms with E-state index in [0.29, 0.717) is 5.56 Å². The van der Waals surface area contributed by atoms with Crippen molar-refractivity contribution in [2.75, 3.05) is 6.61 Å². The van der Waals surface area contributed by atoms with Gasteiger partial charge in [-0.1, -0.05) is 0 Å². The number of esters is 1. The van der Waals surface area contributed by atoms with Crippen molar-refractivity contribution >= 4 is 28.6 Å². The maximum absolute atomic E-state index is 12.5. The number of hydrogen-bond acceptors (Lipinski definition) is 4. The summed E-state index contributed by atoms with van der Waals surface area (Å²) in [5.41, 5.74) is -0.123. The molecule has 0 spiro atoms. The molecule has 1 rings (SSSR count). The summed E-state index contributed by atoms with van der Waals surface area (Å²) in [5, 5.41) is 8.91. The number of nitriles is 1. The van der Waals surface area contributed by atoms with E-state index < -0.39 is 18.1 Å². The van der Waals surface area contributed by atoms with Crippen molar-refractivity contribution in [1.29, 1.82) is 5.26 Å². The minimum atomic E-state index is -2.75. The average molecular weight is 366 g/mol. The van der Waals surface area contributed by atoms with Gasteiger partial charge in [0.15, 0.2) is 0 Å². The predicted octanol–water partition coefficient (Wildman–Crippen LogP) is 2.60. The van der Waals surface area contributed by atoms with Crippen LogP contribution in [0.1, 0.15) is 30.2 Å². The fraction of sp³-hybridized carbons (Fsp3) is 0.364. The minimum absolute atomic E-state index is 0.0257. The van der Waals surface area contributed by atoms with E-state index in [1.807, 2.05) is 0 Å². The Morgan fingerprint density at radius 1 is 1.67 bits per heavy atom. The molecular formula is C11H9F2IN2O2. The highest BCUT2D eigenvalue weighted by atomic mass is 127. The number of nitrogens with zero attached hydrogens (tertiary/aromatic N) is 2. The summed E-state index contributed by atoms with van der Waals surface area (Å²) in [6.07, 6.45) is -2.90. The maximum Gasteiger partial charge on any atom is 0.310 e. The lowest BCUT2D eigenvalue weighted by atomic mass is 10.1. The monoisotopic (exact) mass is 366 g/mol. The van der Waals surface area contributed by atoms with E-state index in [0.717, 1.165) is 6.07 Å². The minimum Gasteiger partial charge on any atom is -0.466 e. The molecule has 1 aromatic rings. The Hall–Kier alpha value is -1.30. The van der Waals surface area contributed by atoms with Crippen molar-refractivity contribution < 1.29 is 18.3 Å². The van der Waals surface area contributed by atoms with E-state index in [9.17, 15) is 13.6 Å². The number of rotatable bonds is 4. The van der Waals surface area contributed by atoms with Crippen LogP contribution in [0.3, 0.4) is 0 Å². The van der Waals surface area contributed by atoms with E-state index in [4.69, 9.17) is 10.00 Å². The normalized spacial score (nSPS) is 10.2. The molecule has 0 aliphatic rings. The molecule has 0 aliphatic carbocycles. The van der Waals surface area contributed by atoms with Crippen LogP contribution in [-0.2, 0) is 16.0 Å². The standard InChI is InChI=1S/C11H9F2IN2O2/c1-2-18-9(17)4-7-6(5-15)3-8(10(12)13)16-11(7)14/h3,10H,2,4H2,1H3. The number of alkyl halides is 2. The molecule has 0 atom stereocenters. The van der Waals surface area contributed by atoms with Gasteiger partial charge in [0.2, 0.25) is 0 Å². The third kappa shape index (κ3) is 3.60. The number of aromatic nitrogens is 1. The summed E-state index contributed by atoms with van der Waals surface area (Å²) in [4.78, 5) is 15.0. The first-order valence-corrected chi connectivity index (χ1v) is 6.10. The molecule has 0 amide bonds. The second-order valence-corrected chi connectivity index (χ2v) is 4.28. The zero-order valence-corrected chi connectivity index (χ0v) is 11.6. The number of hydrogen-bond donors (Lipinski definition) is 0. The molecule has 1 heterocycles. The fourth-order valence-corrected chi connectivity index (χ4v) is 2.06. The van der Waals surface area contributed by atoms with Gasteiger partial charge in [-0.2, -0.15) is 5.26 Å². The largest absolute Gasteiger partial charge is 0.466 e. The zero-order chi connectivity index (χ0) is 13.7. The van der Waals surface area contributed by atoms with Crippen LogP contribution in [0.5, 0.6) is 0 Å². The lowest BCUT2D eigenvalue weighted by molar-refractivity contribution is -0.142. The number of pyridine rings is 1. The third-order valence-electron chi connectivity index (χ3n) is 2.06. The Morgan fingerprint density at radius 3 is 2.83 bits per heavy atom. The number of halogens is 3. The van der Waals surface area contributed by atoms with Crippen LogP contribution in [-0.4, -0.2) is 17.6 Å². The summed E-state index contributed by atoms with van der Waals surface area (Å²) in [6.45, 7) is 1.88. The molecule has 0 saturated carbocycles. The van der Waals surface area contributed by atoms with Crippen molar-refractivity contribution in [3.05, 3.63) is 26.6 Å². The quantitative estimate of drug-likeness (QED) is 0.467. The van der Waals surface area contributed by atoms with Crippen molar-refractivity contribution in [2.24, 2.45) is 0 Å². The van der Waals surface area contributed by atoms with Crippen molar-refractivity contribution in [2.45, 2.75) is 19.8 Å². The predicted molar refractivity (Wildman–Crippen MR) is 67.0 cm³/mol. The molecule has 18 heavy (non-hydrogen) atoms. The first kappa shape index (κ1) is 14.8. The molecule has 0 radical (unpaired) electrons. The van der Waals surface area contributed by atoms with Gasteiger partial charge in [-0.3, -0.25) is 4.79 Å². The van der Waals surface area contributed by atoms with E-state index in [1.54, 1.807) is 35.6 Å². The number of carbonyl (C=O) groups excluding carboxylic acids is 1. The molecule has 0 aromatic carbocycles. The number of ether oxygens (including phenoxy) is 1. The van der Waals surface area contributed by atoms with Crippen molar-refractivity contribution in [3.63, 3.8) is 0 Å². The first-order valence-electron chi connectivity index (χ1n) is 5.02. The van der Waals surface area contributed by atoms with Crippen LogP contribution in [0.25, 0.3) is 0 Å². The summed E-state index contributed by atoms with van der Waals surface area (Å²) in [5.74, 6) is -0.515. The molecule has 4 nitrogen and oxygen atoms in total. The van der Waals surface area contributed by atoms with Crippen LogP contribution in [0.2, 0.25) is 0 Å². The number of carbonyl (C=O) groups is 1. The summed E-state index contributed by atoms with van der Waals surface area (Å²) >= 11 is 1.73. The molecular weight excluding hydrogens is 357 g/mol. The van der Waals surface area contributed by atoms with Gasteiger partial charge in [0.1, 0.15) is 9.39 Å². The lowest BCUT2D eigenvalue weighted by Crippen LogP contribution is -2.11. The topological polar surface area (TPSA) is 63.0 Å².